The first kappa shape index (κ1) is 19.5. The Kier molecular flexibility index (Phi) is 6.84. The smallest absolute Gasteiger partial charge is 0.412 e. The summed E-state index contributed by atoms with van der Waals surface area (Å²) in [5.41, 5.74) is 1.74. The van der Waals surface area contributed by atoms with Gasteiger partial charge in [0.15, 0.2) is 12.3 Å². The van der Waals surface area contributed by atoms with E-state index in [2.05, 4.69) is 42.0 Å². The number of nitrogens with one attached hydrogen (secondary N) is 2. The standard InChI is InChI=1S/C19H17N7O3/c1-2-3-12-28-19(27)21-16-11-7-10-15(20-16)13-29-24-17(18-22-25-26-23-18)14-8-5-4-6-9-14/h1,4-11H,3,12-13H2,(H,20,21,27)(H,22,23,25,26)/b24-17-. The number of carbonyl (C=O) groups is 1. The SMILES string of the molecule is C#CCCOC(=O)Nc1cccc(CO/N=C(/c2ccccc2)c2nn[nH]n2)n1. The second-order valence-electron chi connectivity index (χ2n) is 5.54. The Morgan fingerprint density at radius 2 is 2.07 bits per heavy atom. The van der Waals surface area contributed by atoms with Crippen molar-refractivity contribution in [1.29, 1.82) is 0 Å². The molecule has 0 atom stereocenters. The molecule has 0 saturated heterocycles. The molecule has 0 radical (unpaired) electrons. The Labute approximate surface area is 166 Å². The summed E-state index contributed by atoms with van der Waals surface area (Å²) in [7, 11) is 0. The summed E-state index contributed by atoms with van der Waals surface area (Å²) in [6, 6.07) is 14.4. The van der Waals surface area contributed by atoms with Crippen molar-refractivity contribution >= 4 is 17.6 Å². The maximum atomic E-state index is 11.7. The topological polar surface area (TPSA) is 127 Å². The van der Waals surface area contributed by atoms with Gasteiger partial charge in [0.05, 0.1) is 5.69 Å². The number of aromatic nitrogens is 5. The Bertz CT molecular complexity index is 998. The summed E-state index contributed by atoms with van der Waals surface area (Å²) in [5, 5.41) is 20.5. The highest BCUT2D eigenvalue weighted by Gasteiger charge is 2.13. The minimum atomic E-state index is -0.632. The van der Waals surface area contributed by atoms with Gasteiger partial charge < -0.3 is 9.57 Å². The number of carbonyl (C=O) groups excluding carboxylic acids is 1. The molecule has 0 aliphatic carbocycles. The van der Waals surface area contributed by atoms with E-state index in [9.17, 15) is 4.79 Å². The van der Waals surface area contributed by atoms with Gasteiger partial charge in [0.25, 0.3) is 0 Å². The van der Waals surface area contributed by atoms with Gasteiger partial charge in [-0.3, -0.25) is 5.32 Å². The zero-order chi connectivity index (χ0) is 20.3. The molecule has 3 rings (SSSR count). The van der Waals surface area contributed by atoms with Crippen LogP contribution in [0, 0.1) is 12.3 Å². The van der Waals surface area contributed by atoms with E-state index in [1.165, 1.54) is 0 Å². The molecule has 2 aromatic heterocycles. The Balaban J connectivity index is 1.64. The van der Waals surface area contributed by atoms with Gasteiger partial charge in [-0.05, 0) is 17.3 Å². The third-order valence-corrected chi connectivity index (χ3v) is 3.49. The van der Waals surface area contributed by atoms with E-state index < -0.39 is 6.09 Å². The van der Waals surface area contributed by atoms with Gasteiger partial charge in [0.2, 0.25) is 5.82 Å². The monoisotopic (exact) mass is 391 g/mol. The normalized spacial score (nSPS) is 10.8. The Morgan fingerprint density at radius 1 is 1.21 bits per heavy atom. The number of tetrazole rings is 1. The number of aromatic amines is 1. The third kappa shape index (κ3) is 5.86. The molecule has 0 fully saturated rings. The number of nitrogens with zero attached hydrogens (tertiary/aromatic N) is 5. The lowest BCUT2D eigenvalue weighted by Crippen LogP contribution is -2.15. The van der Waals surface area contributed by atoms with Crippen LogP contribution in [0.4, 0.5) is 10.6 Å². The van der Waals surface area contributed by atoms with Crippen LogP contribution in [0.1, 0.15) is 23.5 Å². The number of oxime groups is 1. The molecule has 0 bridgehead atoms. The molecular weight excluding hydrogens is 374 g/mol. The summed E-state index contributed by atoms with van der Waals surface area (Å²) in [5.74, 6) is 3.01. The molecule has 0 aliphatic rings. The molecule has 2 heterocycles. The van der Waals surface area contributed by atoms with Gasteiger partial charge in [-0.2, -0.15) is 5.21 Å². The van der Waals surface area contributed by atoms with Gasteiger partial charge in [-0.1, -0.05) is 41.6 Å². The van der Waals surface area contributed by atoms with Crippen LogP contribution >= 0.6 is 0 Å². The zero-order valence-corrected chi connectivity index (χ0v) is 15.3. The molecular formula is C19H17N7O3. The van der Waals surface area contributed by atoms with Gasteiger partial charge in [0, 0.05) is 12.0 Å². The average Bonchev–Trinajstić information content (AvgIpc) is 3.27. The van der Waals surface area contributed by atoms with E-state index in [0.29, 0.717) is 29.5 Å². The summed E-state index contributed by atoms with van der Waals surface area (Å²) < 4.78 is 4.92. The van der Waals surface area contributed by atoms with Crippen LogP contribution in [-0.4, -0.2) is 44.0 Å². The van der Waals surface area contributed by atoms with Crippen LogP contribution in [0.2, 0.25) is 0 Å². The summed E-state index contributed by atoms with van der Waals surface area (Å²) >= 11 is 0. The fraction of sp³-hybridized carbons (Fsp3) is 0.158. The second kappa shape index (κ2) is 10.2. The highest BCUT2D eigenvalue weighted by atomic mass is 16.6. The van der Waals surface area contributed by atoms with Crippen molar-refractivity contribution < 1.29 is 14.4 Å². The molecule has 10 heteroatoms. The van der Waals surface area contributed by atoms with E-state index >= 15 is 0 Å². The predicted octanol–water partition coefficient (Wildman–Crippen LogP) is 2.14. The minimum Gasteiger partial charge on any atom is -0.448 e. The number of terminal acetylenes is 1. The quantitative estimate of drug-likeness (QED) is 0.261. The van der Waals surface area contributed by atoms with Crippen LogP contribution in [-0.2, 0) is 16.2 Å². The molecule has 0 spiro atoms. The molecule has 0 aliphatic heterocycles. The fourth-order valence-electron chi connectivity index (χ4n) is 2.22. The lowest BCUT2D eigenvalue weighted by molar-refractivity contribution is 0.128. The van der Waals surface area contributed by atoms with Gasteiger partial charge in [0.1, 0.15) is 12.4 Å². The first-order chi connectivity index (χ1) is 14.3. The van der Waals surface area contributed by atoms with Crippen LogP contribution in [0.15, 0.2) is 53.7 Å². The lowest BCUT2D eigenvalue weighted by atomic mass is 10.1. The molecule has 1 amide bonds. The number of hydrogen-bond donors (Lipinski definition) is 2. The van der Waals surface area contributed by atoms with Crippen LogP contribution < -0.4 is 5.32 Å². The highest BCUT2D eigenvalue weighted by Crippen LogP contribution is 2.10. The van der Waals surface area contributed by atoms with Crippen molar-refractivity contribution in [2.45, 2.75) is 13.0 Å². The number of benzene rings is 1. The number of amides is 1. The Morgan fingerprint density at radius 3 is 2.83 bits per heavy atom. The minimum absolute atomic E-state index is 0.0653. The number of pyridine rings is 1. The van der Waals surface area contributed by atoms with E-state index in [4.69, 9.17) is 16.0 Å². The summed E-state index contributed by atoms with van der Waals surface area (Å²) in [6.07, 6.45) is 4.82. The maximum absolute atomic E-state index is 11.7. The molecule has 2 N–H and O–H groups in total. The highest BCUT2D eigenvalue weighted by molar-refractivity contribution is 6.10. The number of H-pyrrole nitrogens is 1. The van der Waals surface area contributed by atoms with Crippen molar-refractivity contribution in [2.75, 3.05) is 11.9 Å². The predicted molar refractivity (Wildman–Crippen MR) is 104 cm³/mol. The van der Waals surface area contributed by atoms with Crippen molar-refractivity contribution in [1.82, 2.24) is 25.6 Å². The third-order valence-electron chi connectivity index (χ3n) is 3.49. The van der Waals surface area contributed by atoms with Gasteiger partial charge in [-0.25, -0.2) is 9.78 Å². The second-order valence-corrected chi connectivity index (χ2v) is 5.54. The van der Waals surface area contributed by atoms with Crippen LogP contribution in [0.25, 0.3) is 0 Å². The molecule has 10 nitrogen and oxygen atoms in total. The Hall–Kier alpha value is -4.26. The average molecular weight is 391 g/mol. The van der Waals surface area contributed by atoms with Crippen molar-refractivity contribution in [3.8, 4) is 12.3 Å². The molecule has 3 aromatic rings. The zero-order valence-electron chi connectivity index (χ0n) is 15.3. The van der Waals surface area contributed by atoms with E-state index in [1.54, 1.807) is 18.2 Å². The first-order valence-corrected chi connectivity index (χ1v) is 8.58. The van der Waals surface area contributed by atoms with Gasteiger partial charge >= 0.3 is 6.09 Å². The van der Waals surface area contributed by atoms with Crippen LogP contribution in [0.3, 0.4) is 0 Å². The van der Waals surface area contributed by atoms with Crippen molar-refractivity contribution in [2.24, 2.45) is 5.16 Å². The molecule has 0 saturated carbocycles. The van der Waals surface area contributed by atoms with E-state index in [-0.39, 0.29) is 13.2 Å². The van der Waals surface area contributed by atoms with Crippen molar-refractivity contribution in [3.05, 3.63) is 65.6 Å². The molecule has 146 valence electrons. The van der Waals surface area contributed by atoms with Crippen LogP contribution in [0.5, 0.6) is 0 Å². The fourth-order valence-corrected chi connectivity index (χ4v) is 2.22. The molecule has 0 unspecified atom stereocenters. The molecule has 29 heavy (non-hydrogen) atoms. The number of anilines is 1. The van der Waals surface area contributed by atoms with Gasteiger partial charge in [-0.15, -0.1) is 22.5 Å². The molecule has 1 aromatic carbocycles. The van der Waals surface area contributed by atoms with E-state index in [1.807, 2.05) is 30.3 Å². The number of hydrogen-bond acceptors (Lipinski definition) is 8. The maximum Gasteiger partial charge on any atom is 0.412 e. The number of ether oxygens (including phenoxy) is 1. The summed E-state index contributed by atoms with van der Waals surface area (Å²) in [6.45, 7) is 0.202. The van der Waals surface area contributed by atoms with Crippen molar-refractivity contribution in [3.63, 3.8) is 0 Å². The largest absolute Gasteiger partial charge is 0.448 e. The first-order valence-electron chi connectivity index (χ1n) is 8.58. The lowest BCUT2D eigenvalue weighted by Gasteiger charge is -2.07. The number of rotatable bonds is 8. The van der Waals surface area contributed by atoms with E-state index in [0.717, 1.165) is 5.56 Å². The summed E-state index contributed by atoms with van der Waals surface area (Å²) in [4.78, 5) is 21.4.